The largest absolute Gasteiger partial charge is 0.326 e. The van der Waals surface area contributed by atoms with Crippen LogP contribution < -0.4 is 10.6 Å². The van der Waals surface area contributed by atoms with E-state index in [1.165, 1.54) is 6.92 Å². The number of anilines is 2. The van der Waals surface area contributed by atoms with Crippen molar-refractivity contribution in [1.82, 2.24) is 9.78 Å². The van der Waals surface area contributed by atoms with E-state index in [1.54, 1.807) is 6.20 Å². The average Bonchev–Trinajstić information content (AvgIpc) is 3.13. The second-order valence-corrected chi connectivity index (χ2v) is 6.74. The topological polar surface area (TPSA) is 76.0 Å². The Labute approximate surface area is 157 Å². The van der Waals surface area contributed by atoms with E-state index >= 15 is 0 Å². The summed E-state index contributed by atoms with van der Waals surface area (Å²) < 4.78 is 1.88. The molecule has 3 aromatic rings. The fourth-order valence-electron chi connectivity index (χ4n) is 3.53. The highest BCUT2D eigenvalue weighted by atomic mass is 16.2. The molecule has 1 aliphatic rings. The SMILES string of the molecule is CC(=O)Nc1ccc2c(c1)NC(=O)C[C@H]2c1cccc(Cn2cccn2)c1. The van der Waals surface area contributed by atoms with Crippen LogP contribution in [0.5, 0.6) is 0 Å². The standard InChI is InChI=1S/C21H20N4O2/c1-14(26)23-17-6-7-18-19(12-21(27)24-20(18)11-17)16-5-2-4-15(10-16)13-25-9-3-8-22-25/h2-11,19H,12-13H2,1H3,(H,23,26)(H,24,27)/t19-/m0/s1. The fourth-order valence-corrected chi connectivity index (χ4v) is 3.53. The first-order valence-electron chi connectivity index (χ1n) is 8.86. The van der Waals surface area contributed by atoms with Crippen LogP contribution in [0.25, 0.3) is 0 Å². The maximum atomic E-state index is 12.3. The predicted octanol–water partition coefficient (Wildman–Crippen LogP) is 3.36. The maximum absolute atomic E-state index is 12.3. The molecule has 0 aliphatic carbocycles. The number of rotatable bonds is 4. The maximum Gasteiger partial charge on any atom is 0.225 e. The lowest BCUT2D eigenvalue weighted by Crippen LogP contribution is -2.24. The lowest BCUT2D eigenvalue weighted by molar-refractivity contribution is -0.116. The molecule has 4 rings (SSSR count). The zero-order valence-corrected chi connectivity index (χ0v) is 15.0. The van der Waals surface area contributed by atoms with Crippen molar-refractivity contribution >= 4 is 23.2 Å². The molecule has 1 aliphatic heterocycles. The molecule has 2 aromatic carbocycles. The van der Waals surface area contributed by atoms with Gasteiger partial charge in [-0.25, -0.2) is 0 Å². The van der Waals surface area contributed by atoms with Crippen molar-refractivity contribution in [2.24, 2.45) is 0 Å². The number of aromatic nitrogens is 2. The Balaban J connectivity index is 1.66. The summed E-state index contributed by atoms with van der Waals surface area (Å²) in [5.74, 6) is -0.178. The summed E-state index contributed by atoms with van der Waals surface area (Å²) in [6, 6.07) is 15.8. The monoisotopic (exact) mass is 360 g/mol. The third-order valence-corrected chi connectivity index (χ3v) is 4.67. The molecule has 1 aromatic heterocycles. The first-order valence-corrected chi connectivity index (χ1v) is 8.86. The van der Waals surface area contributed by atoms with Gasteiger partial charge in [-0.3, -0.25) is 14.3 Å². The molecule has 1 atom stereocenters. The summed E-state index contributed by atoms with van der Waals surface area (Å²) >= 11 is 0. The van der Waals surface area contributed by atoms with E-state index in [-0.39, 0.29) is 17.7 Å². The van der Waals surface area contributed by atoms with Gasteiger partial charge < -0.3 is 10.6 Å². The van der Waals surface area contributed by atoms with Crippen molar-refractivity contribution in [3.63, 3.8) is 0 Å². The number of nitrogens with one attached hydrogen (secondary N) is 2. The van der Waals surface area contributed by atoms with E-state index in [0.29, 0.717) is 18.7 Å². The molecule has 2 amide bonds. The number of amides is 2. The molecule has 0 unspecified atom stereocenters. The van der Waals surface area contributed by atoms with Gasteiger partial charge in [0.15, 0.2) is 0 Å². The van der Waals surface area contributed by atoms with Crippen molar-refractivity contribution in [3.8, 4) is 0 Å². The molecule has 0 fully saturated rings. The van der Waals surface area contributed by atoms with Crippen molar-refractivity contribution in [2.45, 2.75) is 25.8 Å². The zero-order chi connectivity index (χ0) is 18.8. The van der Waals surface area contributed by atoms with Gasteiger partial charge in [0.2, 0.25) is 11.8 Å². The average molecular weight is 360 g/mol. The lowest BCUT2D eigenvalue weighted by Gasteiger charge is -2.27. The summed E-state index contributed by atoms with van der Waals surface area (Å²) in [5.41, 5.74) is 4.72. The minimum Gasteiger partial charge on any atom is -0.326 e. The van der Waals surface area contributed by atoms with Crippen LogP contribution in [0.15, 0.2) is 60.9 Å². The van der Waals surface area contributed by atoms with Gasteiger partial charge >= 0.3 is 0 Å². The van der Waals surface area contributed by atoms with Crippen molar-refractivity contribution in [1.29, 1.82) is 0 Å². The van der Waals surface area contributed by atoms with Crippen LogP contribution >= 0.6 is 0 Å². The highest BCUT2D eigenvalue weighted by Crippen LogP contribution is 2.38. The number of carbonyl (C=O) groups excluding carboxylic acids is 2. The van der Waals surface area contributed by atoms with Gasteiger partial charge in [-0.1, -0.05) is 30.3 Å². The zero-order valence-electron chi connectivity index (χ0n) is 15.0. The van der Waals surface area contributed by atoms with Crippen molar-refractivity contribution < 1.29 is 9.59 Å². The molecule has 6 nitrogen and oxygen atoms in total. The van der Waals surface area contributed by atoms with Crippen LogP contribution in [0, 0.1) is 0 Å². The van der Waals surface area contributed by atoms with E-state index in [0.717, 1.165) is 22.4 Å². The second-order valence-electron chi connectivity index (χ2n) is 6.74. The van der Waals surface area contributed by atoms with Gasteiger partial charge in [-0.2, -0.15) is 5.10 Å². The molecule has 2 N–H and O–H groups in total. The summed E-state index contributed by atoms with van der Waals surface area (Å²) in [6.07, 6.45) is 4.09. The summed E-state index contributed by atoms with van der Waals surface area (Å²) in [6.45, 7) is 2.15. The van der Waals surface area contributed by atoms with Crippen LogP contribution in [0.3, 0.4) is 0 Å². The van der Waals surface area contributed by atoms with E-state index in [4.69, 9.17) is 0 Å². The Kier molecular flexibility index (Phi) is 4.46. The number of hydrogen-bond acceptors (Lipinski definition) is 3. The smallest absolute Gasteiger partial charge is 0.225 e. The van der Waals surface area contributed by atoms with Crippen LogP contribution in [0.4, 0.5) is 11.4 Å². The number of benzene rings is 2. The molecule has 0 radical (unpaired) electrons. The van der Waals surface area contributed by atoms with E-state index in [9.17, 15) is 9.59 Å². The highest BCUT2D eigenvalue weighted by Gasteiger charge is 2.27. The lowest BCUT2D eigenvalue weighted by atomic mass is 9.84. The minimum absolute atomic E-state index is 0.0160. The van der Waals surface area contributed by atoms with Crippen LogP contribution in [0.1, 0.15) is 36.0 Å². The highest BCUT2D eigenvalue weighted by molar-refractivity contribution is 5.97. The van der Waals surface area contributed by atoms with Gasteiger partial charge in [0.05, 0.1) is 6.54 Å². The van der Waals surface area contributed by atoms with E-state index in [1.807, 2.05) is 41.2 Å². The first-order chi connectivity index (χ1) is 13.1. The summed E-state index contributed by atoms with van der Waals surface area (Å²) in [5, 5.41) is 9.93. The van der Waals surface area contributed by atoms with Gasteiger partial charge in [-0.15, -0.1) is 0 Å². The molecule has 0 saturated heterocycles. The first kappa shape index (κ1) is 17.0. The second kappa shape index (κ2) is 7.07. The number of nitrogens with zero attached hydrogens (tertiary/aromatic N) is 2. The number of carbonyl (C=O) groups is 2. The predicted molar refractivity (Wildman–Crippen MR) is 104 cm³/mol. The van der Waals surface area contributed by atoms with Crippen LogP contribution in [-0.2, 0) is 16.1 Å². The summed E-state index contributed by atoms with van der Waals surface area (Å²) in [7, 11) is 0. The number of fused-ring (bicyclic) bond motifs is 1. The quantitative estimate of drug-likeness (QED) is 0.749. The molecular weight excluding hydrogens is 340 g/mol. The summed E-state index contributed by atoms with van der Waals surface area (Å²) in [4.78, 5) is 23.6. The van der Waals surface area contributed by atoms with Crippen LogP contribution in [0.2, 0.25) is 0 Å². The third-order valence-electron chi connectivity index (χ3n) is 4.67. The molecule has 27 heavy (non-hydrogen) atoms. The Morgan fingerprint density at radius 1 is 1.26 bits per heavy atom. The minimum atomic E-state index is -0.139. The Morgan fingerprint density at radius 3 is 2.93 bits per heavy atom. The molecule has 0 saturated carbocycles. The molecule has 0 spiro atoms. The molecular formula is C21H20N4O2. The Morgan fingerprint density at radius 2 is 2.15 bits per heavy atom. The third kappa shape index (κ3) is 3.74. The van der Waals surface area contributed by atoms with Gasteiger partial charge in [0, 0.05) is 43.0 Å². The number of hydrogen-bond donors (Lipinski definition) is 2. The van der Waals surface area contributed by atoms with Crippen molar-refractivity contribution in [2.75, 3.05) is 10.6 Å². The van der Waals surface area contributed by atoms with E-state index < -0.39 is 0 Å². The van der Waals surface area contributed by atoms with Gasteiger partial charge in [-0.05, 0) is 34.9 Å². The van der Waals surface area contributed by atoms with E-state index in [2.05, 4.69) is 33.9 Å². The molecule has 6 heteroatoms. The van der Waals surface area contributed by atoms with Crippen molar-refractivity contribution in [3.05, 3.63) is 77.6 Å². The molecule has 2 heterocycles. The molecule has 136 valence electrons. The Bertz CT molecular complexity index is 995. The molecule has 0 bridgehead atoms. The van der Waals surface area contributed by atoms with Gasteiger partial charge in [0.1, 0.15) is 0 Å². The van der Waals surface area contributed by atoms with Crippen LogP contribution in [-0.4, -0.2) is 21.6 Å². The van der Waals surface area contributed by atoms with Gasteiger partial charge in [0.25, 0.3) is 0 Å². The Hall–Kier alpha value is -3.41. The fraction of sp³-hybridized carbons (Fsp3) is 0.190. The normalized spacial score (nSPS) is 15.7.